The lowest BCUT2D eigenvalue weighted by atomic mass is 10.1. The Morgan fingerprint density at radius 3 is 2.40 bits per heavy atom. The molecule has 0 bridgehead atoms. The lowest BCUT2D eigenvalue weighted by molar-refractivity contribution is 0.102. The maximum Gasteiger partial charge on any atom is 0.256 e. The normalized spacial score (nSPS) is 10.5. The minimum absolute atomic E-state index is 0.271. The molecule has 4 aromatic rings. The Balaban J connectivity index is 1.71. The Morgan fingerprint density at radius 1 is 0.900 bits per heavy atom. The molecule has 0 unspecified atom stereocenters. The summed E-state index contributed by atoms with van der Waals surface area (Å²) >= 11 is 0. The molecule has 1 amide bonds. The molecular weight excluding hydrogens is 380 g/mol. The third-order valence-corrected chi connectivity index (χ3v) is 4.53. The van der Waals surface area contributed by atoms with Crippen molar-refractivity contribution in [1.29, 1.82) is 0 Å². The van der Waals surface area contributed by atoms with Crippen LogP contribution in [0.4, 0.5) is 5.82 Å². The standard InChI is InChI=1S/C23H20N4O3/c1-29-18-11-9-16(10-12-18)20-15-22(27(26-20)21-8-3-4-13-24-21)25-23(28)17-6-5-7-19(14-17)30-2/h3-15H,1-2H3,(H,25,28). The van der Waals surface area contributed by atoms with Crippen LogP contribution in [0.15, 0.2) is 79.0 Å². The molecule has 2 heterocycles. The number of nitrogens with zero attached hydrogens (tertiary/aromatic N) is 3. The molecule has 0 saturated carbocycles. The van der Waals surface area contributed by atoms with Crippen LogP contribution in [-0.4, -0.2) is 34.9 Å². The Morgan fingerprint density at radius 2 is 1.70 bits per heavy atom. The van der Waals surface area contributed by atoms with Crippen molar-refractivity contribution in [2.24, 2.45) is 0 Å². The zero-order valence-corrected chi connectivity index (χ0v) is 16.6. The Labute approximate surface area is 173 Å². The number of nitrogens with one attached hydrogen (secondary N) is 1. The van der Waals surface area contributed by atoms with Gasteiger partial charge in [-0.25, -0.2) is 4.98 Å². The van der Waals surface area contributed by atoms with E-state index in [0.717, 1.165) is 11.3 Å². The monoisotopic (exact) mass is 400 g/mol. The van der Waals surface area contributed by atoms with Crippen molar-refractivity contribution in [2.75, 3.05) is 19.5 Å². The number of hydrogen-bond donors (Lipinski definition) is 1. The van der Waals surface area contributed by atoms with Crippen LogP contribution in [0.3, 0.4) is 0 Å². The maximum atomic E-state index is 12.9. The van der Waals surface area contributed by atoms with Gasteiger partial charge in [-0.2, -0.15) is 9.78 Å². The minimum Gasteiger partial charge on any atom is -0.497 e. The molecule has 4 rings (SSSR count). The summed E-state index contributed by atoms with van der Waals surface area (Å²) in [6, 6.07) is 21.9. The second-order valence-electron chi connectivity index (χ2n) is 6.43. The van der Waals surface area contributed by atoms with Crippen LogP contribution < -0.4 is 14.8 Å². The molecule has 1 N–H and O–H groups in total. The van der Waals surface area contributed by atoms with Gasteiger partial charge in [-0.3, -0.25) is 4.79 Å². The predicted molar refractivity (Wildman–Crippen MR) is 114 cm³/mol. The number of rotatable bonds is 6. The van der Waals surface area contributed by atoms with E-state index in [1.807, 2.05) is 48.5 Å². The molecule has 0 fully saturated rings. The van der Waals surface area contributed by atoms with Gasteiger partial charge in [0, 0.05) is 23.4 Å². The van der Waals surface area contributed by atoms with Gasteiger partial charge in [0.1, 0.15) is 17.3 Å². The number of aromatic nitrogens is 3. The zero-order chi connectivity index (χ0) is 20.9. The summed E-state index contributed by atoms with van der Waals surface area (Å²) in [7, 11) is 3.19. The molecule has 2 aromatic heterocycles. The van der Waals surface area contributed by atoms with Crippen LogP contribution >= 0.6 is 0 Å². The van der Waals surface area contributed by atoms with E-state index < -0.39 is 0 Å². The topological polar surface area (TPSA) is 78.3 Å². The fourth-order valence-corrected chi connectivity index (χ4v) is 2.98. The van der Waals surface area contributed by atoms with E-state index in [2.05, 4.69) is 15.4 Å². The second kappa shape index (κ2) is 8.48. The highest BCUT2D eigenvalue weighted by Gasteiger charge is 2.16. The molecule has 0 aliphatic rings. The number of methoxy groups -OCH3 is 2. The molecule has 150 valence electrons. The van der Waals surface area contributed by atoms with Gasteiger partial charge in [-0.05, 0) is 54.6 Å². The molecule has 0 spiro atoms. The van der Waals surface area contributed by atoms with Gasteiger partial charge >= 0.3 is 0 Å². The van der Waals surface area contributed by atoms with E-state index in [0.29, 0.717) is 28.6 Å². The van der Waals surface area contributed by atoms with Gasteiger partial charge in [0.25, 0.3) is 5.91 Å². The first-order valence-electron chi connectivity index (χ1n) is 9.29. The smallest absolute Gasteiger partial charge is 0.256 e. The highest BCUT2D eigenvalue weighted by Crippen LogP contribution is 2.26. The van der Waals surface area contributed by atoms with Crippen LogP contribution in [0, 0.1) is 0 Å². The summed E-state index contributed by atoms with van der Waals surface area (Å²) in [4.78, 5) is 17.2. The maximum absolute atomic E-state index is 12.9. The second-order valence-corrected chi connectivity index (χ2v) is 6.43. The van der Waals surface area contributed by atoms with Gasteiger partial charge in [0.05, 0.1) is 19.9 Å². The first-order chi connectivity index (χ1) is 14.7. The lowest BCUT2D eigenvalue weighted by Crippen LogP contribution is -2.15. The van der Waals surface area contributed by atoms with Crippen molar-refractivity contribution in [1.82, 2.24) is 14.8 Å². The van der Waals surface area contributed by atoms with Crippen molar-refractivity contribution in [3.63, 3.8) is 0 Å². The van der Waals surface area contributed by atoms with Crippen LogP contribution in [0.5, 0.6) is 11.5 Å². The van der Waals surface area contributed by atoms with Crippen LogP contribution in [0.25, 0.3) is 17.1 Å². The summed E-state index contributed by atoms with van der Waals surface area (Å²) in [5, 5.41) is 7.59. The largest absolute Gasteiger partial charge is 0.497 e. The minimum atomic E-state index is -0.271. The summed E-state index contributed by atoms with van der Waals surface area (Å²) < 4.78 is 12.0. The highest BCUT2D eigenvalue weighted by molar-refractivity contribution is 6.04. The van der Waals surface area contributed by atoms with Crippen molar-refractivity contribution in [3.8, 4) is 28.6 Å². The summed E-state index contributed by atoms with van der Waals surface area (Å²) in [5.74, 6) is 2.20. The predicted octanol–water partition coefficient (Wildman–Crippen LogP) is 4.20. The van der Waals surface area contributed by atoms with Gasteiger partial charge in [0.15, 0.2) is 5.82 Å². The fraction of sp³-hybridized carbons (Fsp3) is 0.0870. The average molecular weight is 400 g/mol. The number of pyridine rings is 1. The molecule has 0 atom stereocenters. The van der Waals surface area contributed by atoms with Crippen LogP contribution in [0.1, 0.15) is 10.4 Å². The number of ether oxygens (including phenoxy) is 2. The van der Waals surface area contributed by atoms with E-state index >= 15 is 0 Å². The fourth-order valence-electron chi connectivity index (χ4n) is 2.98. The summed E-state index contributed by atoms with van der Waals surface area (Å²) in [5.41, 5.74) is 2.07. The molecule has 7 heteroatoms. The number of carbonyl (C=O) groups excluding carboxylic acids is 1. The summed E-state index contributed by atoms with van der Waals surface area (Å²) in [6.07, 6.45) is 1.68. The summed E-state index contributed by atoms with van der Waals surface area (Å²) in [6.45, 7) is 0. The van der Waals surface area contributed by atoms with Crippen molar-refractivity contribution < 1.29 is 14.3 Å². The van der Waals surface area contributed by atoms with E-state index in [4.69, 9.17) is 9.47 Å². The van der Waals surface area contributed by atoms with E-state index in [1.165, 1.54) is 0 Å². The number of amides is 1. The first-order valence-corrected chi connectivity index (χ1v) is 9.29. The van der Waals surface area contributed by atoms with Gasteiger partial charge in [-0.15, -0.1) is 0 Å². The zero-order valence-electron chi connectivity index (χ0n) is 16.6. The molecular formula is C23H20N4O3. The SMILES string of the molecule is COc1ccc(-c2cc(NC(=O)c3cccc(OC)c3)n(-c3ccccn3)n2)cc1. The van der Waals surface area contributed by atoms with Gasteiger partial charge < -0.3 is 14.8 Å². The number of anilines is 1. The molecule has 7 nitrogen and oxygen atoms in total. The van der Waals surface area contributed by atoms with Gasteiger partial charge in [-0.1, -0.05) is 12.1 Å². The Hall–Kier alpha value is -4.13. The first kappa shape index (κ1) is 19.2. The van der Waals surface area contributed by atoms with Crippen molar-refractivity contribution in [3.05, 3.63) is 84.6 Å². The lowest BCUT2D eigenvalue weighted by Gasteiger charge is -2.08. The molecule has 0 aliphatic carbocycles. The number of benzene rings is 2. The number of hydrogen-bond acceptors (Lipinski definition) is 5. The third-order valence-electron chi connectivity index (χ3n) is 4.53. The van der Waals surface area contributed by atoms with E-state index in [1.54, 1.807) is 49.4 Å². The molecule has 0 saturated heterocycles. The van der Waals surface area contributed by atoms with E-state index in [9.17, 15) is 4.79 Å². The molecule has 0 aliphatic heterocycles. The Kier molecular flexibility index (Phi) is 5.43. The van der Waals surface area contributed by atoms with Crippen molar-refractivity contribution >= 4 is 11.7 Å². The van der Waals surface area contributed by atoms with Crippen molar-refractivity contribution in [2.45, 2.75) is 0 Å². The quantitative estimate of drug-likeness (QED) is 0.525. The highest BCUT2D eigenvalue weighted by atomic mass is 16.5. The van der Waals surface area contributed by atoms with Crippen LogP contribution in [0.2, 0.25) is 0 Å². The van der Waals surface area contributed by atoms with Gasteiger partial charge in [0.2, 0.25) is 0 Å². The van der Waals surface area contributed by atoms with Crippen LogP contribution in [-0.2, 0) is 0 Å². The molecule has 30 heavy (non-hydrogen) atoms. The number of carbonyl (C=O) groups is 1. The van der Waals surface area contributed by atoms with E-state index in [-0.39, 0.29) is 5.91 Å². The molecule has 0 radical (unpaired) electrons. The third kappa shape index (κ3) is 4.00. The molecule has 2 aromatic carbocycles. The Bertz CT molecular complexity index is 1150. The average Bonchev–Trinajstić information content (AvgIpc) is 3.23.